The number of benzene rings is 1. The first-order chi connectivity index (χ1) is 12.1. The van der Waals surface area contributed by atoms with Gasteiger partial charge in [-0.2, -0.15) is 5.26 Å². The number of methoxy groups -OCH3 is 3. The molecular weight excluding hydrogens is 320 g/mol. The van der Waals surface area contributed by atoms with Crippen molar-refractivity contribution in [2.24, 2.45) is 5.73 Å². The van der Waals surface area contributed by atoms with Gasteiger partial charge in [-0.25, -0.2) is 0 Å². The van der Waals surface area contributed by atoms with Crippen LogP contribution in [0.2, 0.25) is 0 Å². The van der Waals surface area contributed by atoms with Gasteiger partial charge in [0.05, 0.1) is 21.3 Å². The average molecular weight is 340 g/mol. The summed E-state index contributed by atoms with van der Waals surface area (Å²) in [5.74, 6) is 2.18. The van der Waals surface area contributed by atoms with Crippen LogP contribution in [0.25, 0.3) is 0 Å². The quantitative estimate of drug-likeness (QED) is 0.841. The molecule has 130 valence electrons. The van der Waals surface area contributed by atoms with Crippen LogP contribution < -0.4 is 25.3 Å². The fourth-order valence-corrected chi connectivity index (χ4v) is 3.03. The highest BCUT2D eigenvalue weighted by Crippen LogP contribution is 2.39. The van der Waals surface area contributed by atoms with E-state index in [1.165, 1.54) is 0 Å². The molecule has 0 bridgehead atoms. The van der Waals surface area contributed by atoms with Crippen molar-refractivity contribution in [3.8, 4) is 23.3 Å². The Morgan fingerprint density at radius 2 is 1.88 bits per heavy atom. The molecule has 2 aliphatic heterocycles. The van der Waals surface area contributed by atoms with Crippen LogP contribution in [0.4, 0.5) is 0 Å². The van der Waals surface area contributed by atoms with Gasteiger partial charge in [-0.15, -0.1) is 0 Å². The summed E-state index contributed by atoms with van der Waals surface area (Å²) in [4.78, 5) is 2.11. The van der Waals surface area contributed by atoms with Crippen LogP contribution in [0.3, 0.4) is 0 Å². The van der Waals surface area contributed by atoms with Crippen LogP contribution >= 0.6 is 0 Å². The lowest BCUT2D eigenvalue weighted by Gasteiger charge is -2.19. The third kappa shape index (κ3) is 2.94. The predicted octanol–water partition coefficient (Wildman–Crippen LogP) is 1.59. The van der Waals surface area contributed by atoms with Crippen molar-refractivity contribution in [1.82, 2.24) is 10.2 Å². The van der Waals surface area contributed by atoms with E-state index < -0.39 is 0 Å². The molecule has 0 radical (unpaired) electrons. The summed E-state index contributed by atoms with van der Waals surface area (Å²) in [6.07, 6.45) is 3.80. The maximum Gasteiger partial charge on any atom is 0.203 e. The van der Waals surface area contributed by atoms with E-state index in [0.29, 0.717) is 41.7 Å². The highest BCUT2D eigenvalue weighted by molar-refractivity contribution is 5.60. The van der Waals surface area contributed by atoms with Crippen LogP contribution in [0, 0.1) is 11.3 Å². The van der Waals surface area contributed by atoms with E-state index >= 15 is 0 Å². The van der Waals surface area contributed by atoms with Gasteiger partial charge in [-0.1, -0.05) is 0 Å². The van der Waals surface area contributed by atoms with Gasteiger partial charge in [0.15, 0.2) is 11.5 Å². The predicted molar refractivity (Wildman–Crippen MR) is 92.6 cm³/mol. The summed E-state index contributed by atoms with van der Waals surface area (Å²) in [7, 11) is 4.77. The van der Waals surface area contributed by atoms with Crippen LogP contribution in [0.1, 0.15) is 5.56 Å². The van der Waals surface area contributed by atoms with E-state index in [1.54, 1.807) is 21.3 Å². The van der Waals surface area contributed by atoms with Gasteiger partial charge in [0.2, 0.25) is 5.75 Å². The Morgan fingerprint density at radius 1 is 1.20 bits per heavy atom. The van der Waals surface area contributed by atoms with Crippen LogP contribution in [0.15, 0.2) is 47.1 Å². The average Bonchev–Trinajstić information content (AvgIpc) is 3.03. The van der Waals surface area contributed by atoms with Gasteiger partial charge in [0.25, 0.3) is 0 Å². The minimum absolute atomic E-state index is 0.382. The van der Waals surface area contributed by atoms with E-state index in [9.17, 15) is 5.26 Å². The smallest absolute Gasteiger partial charge is 0.203 e. The summed E-state index contributed by atoms with van der Waals surface area (Å²) in [6, 6.07) is 6.00. The molecule has 7 nitrogen and oxygen atoms in total. The molecule has 1 aromatic carbocycles. The Morgan fingerprint density at radius 3 is 2.44 bits per heavy atom. The number of ether oxygens (including phenoxy) is 3. The molecule has 1 aromatic rings. The first kappa shape index (κ1) is 16.6. The number of rotatable bonds is 5. The van der Waals surface area contributed by atoms with E-state index in [1.807, 2.05) is 24.5 Å². The Hall–Kier alpha value is -3.27. The summed E-state index contributed by atoms with van der Waals surface area (Å²) in [6.45, 7) is 1.33. The molecule has 0 atom stereocenters. The maximum absolute atomic E-state index is 9.32. The van der Waals surface area contributed by atoms with Crippen molar-refractivity contribution < 1.29 is 14.2 Å². The zero-order valence-electron chi connectivity index (χ0n) is 14.4. The number of nitrogens with two attached hydrogens (primary N) is 1. The Labute approximate surface area is 146 Å². The second-order valence-electron chi connectivity index (χ2n) is 5.70. The third-order valence-corrected chi connectivity index (χ3v) is 4.19. The van der Waals surface area contributed by atoms with Crippen molar-refractivity contribution in [3.05, 3.63) is 52.6 Å². The lowest BCUT2D eigenvalue weighted by atomic mass is 10.0. The summed E-state index contributed by atoms with van der Waals surface area (Å²) >= 11 is 0. The van der Waals surface area contributed by atoms with E-state index in [0.717, 1.165) is 16.7 Å². The summed E-state index contributed by atoms with van der Waals surface area (Å²) < 4.78 is 16.2. The normalized spacial score (nSPS) is 15.7. The minimum Gasteiger partial charge on any atom is -0.493 e. The largest absolute Gasteiger partial charge is 0.493 e. The highest BCUT2D eigenvalue weighted by Gasteiger charge is 2.26. The molecular formula is C18H20N4O3. The molecule has 0 amide bonds. The molecule has 3 rings (SSSR count). The van der Waals surface area contributed by atoms with Crippen molar-refractivity contribution in [2.45, 2.75) is 6.54 Å². The fourth-order valence-electron chi connectivity index (χ4n) is 3.03. The van der Waals surface area contributed by atoms with E-state index in [2.05, 4.69) is 16.3 Å². The molecule has 25 heavy (non-hydrogen) atoms. The zero-order chi connectivity index (χ0) is 18.0. The molecule has 2 aliphatic rings. The topological polar surface area (TPSA) is 92.8 Å². The third-order valence-electron chi connectivity index (χ3n) is 4.19. The van der Waals surface area contributed by atoms with Gasteiger partial charge in [-0.05, 0) is 23.3 Å². The first-order valence-corrected chi connectivity index (χ1v) is 7.72. The van der Waals surface area contributed by atoms with E-state index in [4.69, 9.17) is 19.9 Å². The Bertz CT molecular complexity index is 808. The minimum atomic E-state index is 0.382. The lowest BCUT2D eigenvalue weighted by Crippen LogP contribution is -2.22. The zero-order valence-corrected chi connectivity index (χ0v) is 14.4. The van der Waals surface area contributed by atoms with Gasteiger partial charge in [0, 0.05) is 31.1 Å². The number of hydrogen-bond donors (Lipinski definition) is 2. The summed E-state index contributed by atoms with van der Waals surface area (Å²) in [5.41, 5.74) is 9.24. The number of nitrogens with one attached hydrogen (secondary N) is 1. The number of hydrogen-bond acceptors (Lipinski definition) is 7. The number of nitrogens with zero attached hydrogens (tertiary/aromatic N) is 2. The molecule has 0 fully saturated rings. The van der Waals surface area contributed by atoms with Gasteiger partial charge in [-0.3, -0.25) is 0 Å². The first-order valence-electron chi connectivity index (χ1n) is 7.72. The Kier molecular flexibility index (Phi) is 4.44. The molecule has 2 heterocycles. The number of allylic oxidation sites excluding steroid dienone is 1. The monoisotopic (exact) mass is 340 g/mol. The van der Waals surface area contributed by atoms with Crippen LogP contribution in [0.5, 0.6) is 17.2 Å². The molecule has 0 saturated heterocycles. The molecule has 0 aliphatic carbocycles. The van der Waals surface area contributed by atoms with Crippen LogP contribution in [-0.4, -0.2) is 32.8 Å². The maximum atomic E-state index is 9.32. The van der Waals surface area contributed by atoms with Crippen LogP contribution in [-0.2, 0) is 6.54 Å². The number of fused-ring (bicyclic) bond motifs is 1. The molecule has 3 N–H and O–H groups in total. The van der Waals surface area contributed by atoms with Gasteiger partial charge >= 0.3 is 0 Å². The second-order valence-corrected chi connectivity index (χ2v) is 5.70. The SMILES string of the molecule is COc1cc(CN2C=C3C(=CNC(N)=C3C#N)C2)cc(OC)c1OC. The van der Waals surface area contributed by atoms with Crippen molar-refractivity contribution >= 4 is 0 Å². The highest BCUT2D eigenvalue weighted by atomic mass is 16.5. The van der Waals surface area contributed by atoms with Gasteiger partial charge < -0.3 is 30.2 Å². The lowest BCUT2D eigenvalue weighted by molar-refractivity contribution is 0.322. The molecule has 0 spiro atoms. The van der Waals surface area contributed by atoms with Gasteiger partial charge in [0.1, 0.15) is 17.5 Å². The van der Waals surface area contributed by atoms with Crippen molar-refractivity contribution in [2.75, 3.05) is 27.9 Å². The van der Waals surface area contributed by atoms with E-state index in [-0.39, 0.29) is 0 Å². The Balaban J connectivity index is 1.88. The number of dihydropyridines is 1. The molecule has 0 saturated carbocycles. The fraction of sp³-hybridized carbons (Fsp3) is 0.278. The molecule has 7 heteroatoms. The summed E-state index contributed by atoms with van der Waals surface area (Å²) in [5, 5.41) is 12.3. The van der Waals surface area contributed by atoms with Crippen molar-refractivity contribution in [1.29, 1.82) is 5.26 Å². The van der Waals surface area contributed by atoms with Crippen molar-refractivity contribution in [3.63, 3.8) is 0 Å². The standard InChI is InChI=1S/C18H20N4O3/c1-23-15-4-11(5-16(24-2)17(15)25-3)8-22-9-12-7-21-18(20)13(6-19)14(12)10-22/h4-5,7,10,21H,8-9,20H2,1-3H3. The second kappa shape index (κ2) is 6.69. The molecule has 0 unspecified atom stereocenters. The number of nitriles is 1. The molecule has 0 aromatic heterocycles.